The maximum atomic E-state index is 12.2. The average molecular weight is 323 g/mol. The summed E-state index contributed by atoms with van der Waals surface area (Å²) in [6.07, 6.45) is 4.17. The Morgan fingerprint density at radius 1 is 0.750 bits per heavy atom. The summed E-state index contributed by atoms with van der Waals surface area (Å²) in [6, 6.07) is 16.1. The van der Waals surface area contributed by atoms with Crippen LogP contribution in [0.25, 0.3) is 0 Å². The lowest BCUT2D eigenvalue weighted by molar-refractivity contribution is -0.119. The van der Waals surface area contributed by atoms with Crippen molar-refractivity contribution in [3.8, 4) is 0 Å². The predicted octanol–water partition coefficient (Wildman–Crippen LogP) is 4.46. The molecule has 3 rings (SSSR count). The number of amides is 3. The zero-order chi connectivity index (χ0) is 16.8. The molecule has 1 fully saturated rings. The average Bonchev–Trinajstić information content (AvgIpc) is 3.10. The van der Waals surface area contributed by atoms with E-state index in [2.05, 4.69) is 16.0 Å². The first-order valence-corrected chi connectivity index (χ1v) is 8.25. The lowest BCUT2D eigenvalue weighted by Gasteiger charge is -2.12. The number of anilines is 3. The fourth-order valence-electron chi connectivity index (χ4n) is 2.92. The molecule has 2 aromatic rings. The lowest BCUT2D eigenvalue weighted by atomic mass is 10.1. The minimum Gasteiger partial charge on any atom is -0.326 e. The molecule has 1 aliphatic carbocycles. The zero-order valence-electron chi connectivity index (χ0n) is 13.4. The topological polar surface area (TPSA) is 70.2 Å². The molecule has 124 valence electrons. The van der Waals surface area contributed by atoms with Crippen molar-refractivity contribution >= 4 is 29.0 Å². The molecule has 0 saturated heterocycles. The Bertz CT molecular complexity index is 710. The van der Waals surface area contributed by atoms with Gasteiger partial charge in [-0.05, 0) is 43.2 Å². The van der Waals surface area contributed by atoms with Crippen LogP contribution in [0.15, 0.2) is 54.6 Å². The molecule has 2 aromatic carbocycles. The molecule has 0 unspecified atom stereocenters. The van der Waals surface area contributed by atoms with Crippen molar-refractivity contribution in [2.75, 3.05) is 16.0 Å². The molecule has 0 bridgehead atoms. The van der Waals surface area contributed by atoms with Crippen molar-refractivity contribution in [1.29, 1.82) is 0 Å². The summed E-state index contributed by atoms with van der Waals surface area (Å²) in [5.41, 5.74) is 2.05. The standard InChI is InChI=1S/C19H21N3O2/c23-18(14-7-4-5-8-14)20-16-11-6-12-17(13-16)22-19(24)21-15-9-2-1-3-10-15/h1-3,6,9-14H,4-5,7-8H2,(H,20,23)(H2,21,22,24). The summed E-state index contributed by atoms with van der Waals surface area (Å²) < 4.78 is 0. The third-order valence-electron chi connectivity index (χ3n) is 4.15. The van der Waals surface area contributed by atoms with E-state index in [1.165, 1.54) is 0 Å². The third kappa shape index (κ3) is 4.35. The number of hydrogen-bond acceptors (Lipinski definition) is 2. The Morgan fingerprint density at radius 2 is 1.33 bits per heavy atom. The van der Waals surface area contributed by atoms with E-state index < -0.39 is 0 Å². The lowest BCUT2D eigenvalue weighted by Crippen LogP contribution is -2.21. The minimum absolute atomic E-state index is 0.0680. The van der Waals surface area contributed by atoms with Gasteiger partial charge in [-0.2, -0.15) is 0 Å². The molecule has 3 amide bonds. The summed E-state index contributed by atoms with van der Waals surface area (Å²) in [4.78, 5) is 24.2. The Hall–Kier alpha value is -2.82. The Kier molecular flexibility index (Phi) is 5.11. The van der Waals surface area contributed by atoms with Gasteiger partial charge in [-0.3, -0.25) is 4.79 Å². The molecule has 0 spiro atoms. The van der Waals surface area contributed by atoms with Gasteiger partial charge < -0.3 is 16.0 Å². The molecular formula is C19H21N3O2. The summed E-state index contributed by atoms with van der Waals surface area (Å²) in [5.74, 6) is 0.182. The summed E-state index contributed by atoms with van der Waals surface area (Å²) >= 11 is 0. The van der Waals surface area contributed by atoms with Gasteiger partial charge in [-0.1, -0.05) is 37.1 Å². The molecule has 5 heteroatoms. The predicted molar refractivity (Wildman–Crippen MR) is 96.1 cm³/mol. The van der Waals surface area contributed by atoms with Crippen LogP contribution >= 0.6 is 0 Å². The highest BCUT2D eigenvalue weighted by Crippen LogP contribution is 2.26. The van der Waals surface area contributed by atoms with Crippen LogP contribution in [0.5, 0.6) is 0 Å². The summed E-state index contributed by atoms with van der Waals surface area (Å²) in [6.45, 7) is 0. The van der Waals surface area contributed by atoms with E-state index in [0.29, 0.717) is 11.4 Å². The van der Waals surface area contributed by atoms with Gasteiger partial charge in [-0.25, -0.2) is 4.79 Å². The minimum atomic E-state index is -0.319. The SMILES string of the molecule is O=C(Nc1ccccc1)Nc1cccc(NC(=O)C2CCCC2)c1. The normalized spacial score (nSPS) is 14.2. The van der Waals surface area contributed by atoms with Gasteiger partial charge in [0, 0.05) is 23.0 Å². The molecule has 0 heterocycles. The Morgan fingerprint density at radius 3 is 2.04 bits per heavy atom. The molecule has 0 aliphatic heterocycles. The summed E-state index contributed by atoms with van der Waals surface area (Å²) in [7, 11) is 0. The van der Waals surface area contributed by atoms with Crippen molar-refractivity contribution in [2.24, 2.45) is 5.92 Å². The van der Waals surface area contributed by atoms with Crippen molar-refractivity contribution in [3.63, 3.8) is 0 Å². The van der Waals surface area contributed by atoms with Crippen molar-refractivity contribution in [2.45, 2.75) is 25.7 Å². The molecule has 24 heavy (non-hydrogen) atoms. The smallest absolute Gasteiger partial charge is 0.323 e. The third-order valence-corrected chi connectivity index (χ3v) is 4.15. The molecule has 5 nitrogen and oxygen atoms in total. The van der Waals surface area contributed by atoms with Gasteiger partial charge in [0.25, 0.3) is 0 Å². The second-order valence-electron chi connectivity index (χ2n) is 6.00. The number of carbonyl (C=O) groups is 2. The van der Waals surface area contributed by atoms with Crippen LogP contribution in [0.4, 0.5) is 21.9 Å². The first-order chi connectivity index (χ1) is 11.7. The van der Waals surface area contributed by atoms with Gasteiger partial charge in [-0.15, -0.1) is 0 Å². The van der Waals surface area contributed by atoms with Crippen LogP contribution in [0.2, 0.25) is 0 Å². The van der Waals surface area contributed by atoms with Crippen LogP contribution in [0, 0.1) is 5.92 Å². The molecule has 1 aliphatic rings. The fourth-order valence-corrected chi connectivity index (χ4v) is 2.92. The van der Waals surface area contributed by atoms with Gasteiger partial charge in [0.1, 0.15) is 0 Å². The van der Waals surface area contributed by atoms with Crippen molar-refractivity contribution < 1.29 is 9.59 Å². The van der Waals surface area contributed by atoms with Crippen molar-refractivity contribution in [1.82, 2.24) is 0 Å². The molecule has 0 aromatic heterocycles. The molecule has 1 saturated carbocycles. The van der Waals surface area contributed by atoms with E-state index in [0.717, 1.165) is 31.4 Å². The zero-order valence-corrected chi connectivity index (χ0v) is 13.4. The quantitative estimate of drug-likeness (QED) is 0.777. The number of benzene rings is 2. The molecule has 0 atom stereocenters. The van der Waals surface area contributed by atoms with Crippen LogP contribution in [-0.2, 0) is 4.79 Å². The Labute approximate surface area is 141 Å². The molecular weight excluding hydrogens is 302 g/mol. The number of carbonyl (C=O) groups excluding carboxylic acids is 2. The van der Waals surface area contributed by atoms with E-state index in [4.69, 9.17) is 0 Å². The summed E-state index contributed by atoms with van der Waals surface area (Å²) in [5, 5.41) is 8.47. The van der Waals surface area contributed by atoms with E-state index in [9.17, 15) is 9.59 Å². The highest BCUT2D eigenvalue weighted by molar-refractivity contribution is 6.00. The van der Waals surface area contributed by atoms with E-state index >= 15 is 0 Å². The number of rotatable bonds is 4. The maximum Gasteiger partial charge on any atom is 0.323 e. The first kappa shape index (κ1) is 16.1. The van der Waals surface area contributed by atoms with Gasteiger partial charge >= 0.3 is 6.03 Å². The van der Waals surface area contributed by atoms with Crippen LogP contribution < -0.4 is 16.0 Å². The second-order valence-corrected chi connectivity index (χ2v) is 6.00. The Balaban J connectivity index is 1.58. The highest BCUT2D eigenvalue weighted by atomic mass is 16.2. The van der Waals surface area contributed by atoms with Gasteiger partial charge in [0.2, 0.25) is 5.91 Å². The molecule has 0 radical (unpaired) electrons. The van der Waals surface area contributed by atoms with Crippen LogP contribution in [-0.4, -0.2) is 11.9 Å². The number of hydrogen-bond donors (Lipinski definition) is 3. The van der Waals surface area contributed by atoms with Crippen LogP contribution in [0.1, 0.15) is 25.7 Å². The van der Waals surface area contributed by atoms with Gasteiger partial charge in [0.15, 0.2) is 0 Å². The maximum absolute atomic E-state index is 12.2. The first-order valence-electron chi connectivity index (χ1n) is 8.25. The van der Waals surface area contributed by atoms with Crippen molar-refractivity contribution in [3.05, 3.63) is 54.6 Å². The van der Waals surface area contributed by atoms with E-state index in [1.807, 2.05) is 42.5 Å². The van der Waals surface area contributed by atoms with Gasteiger partial charge in [0.05, 0.1) is 0 Å². The highest BCUT2D eigenvalue weighted by Gasteiger charge is 2.22. The number of nitrogens with one attached hydrogen (secondary N) is 3. The monoisotopic (exact) mass is 323 g/mol. The largest absolute Gasteiger partial charge is 0.326 e. The number of urea groups is 1. The van der Waals surface area contributed by atoms with Crippen LogP contribution in [0.3, 0.4) is 0 Å². The number of para-hydroxylation sites is 1. The second kappa shape index (κ2) is 7.64. The molecule has 3 N–H and O–H groups in total. The fraction of sp³-hybridized carbons (Fsp3) is 0.263. The van der Waals surface area contributed by atoms with E-state index in [-0.39, 0.29) is 17.9 Å². The van der Waals surface area contributed by atoms with E-state index in [1.54, 1.807) is 12.1 Å².